The Hall–Kier alpha value is -4.34. The molecule has 1 N–H and O–H groups in total. The highest BCUT2D eigenvalue weighted by atomic mass is 19.4. The van der Waals surface area contributed by atoms with E-state index >= 15 is 0 Å². The second kappa shape index (κ2) is 9.88. The summed E-state index contributed by atoms with van der Waals surface area (Å²) in [6, 6.07) is 17.2. The average Bonchev–Trinajstić information content (AvgIpc) is 2.86. The number of carbonyl (C=O) groups excluding carboxylic acids is 3. The van der Waals surface area contributed by atoms with Crippen LogP contribution >= 0.6 is 0 Å². The molecule has 1 atom stereocenters. The first kappa shape index (κ1) is 23.8. The van der Waals surface area contributed by atoms with Crippen LogP contribution in [0.25, 0.3) is 11.1 Å². The maximum Gasteiger partial charge on any atom is 0.416 e. The molecule has 0 aromatic heterocycles. The molecule has 3 aromatic carbocycles. The summed E-state index contributed by atoms with van der Waals surface area (Å²) in [4.78, 5) is 37.0. The van der Waals surface area contributed by atoms with Gasteiger partial charge in [-0.1, -0.05) is 42.5 Å². The number of hydrogen-bond donors (Lipinski definition) is 1. The van der Waals surface area contributed by atoms with Gasteiger partial charge < -0.3 is 14.2 Å². The Bertz CT molecular complexity index is 1260. The average molecular weight is 485 g/mol. The van der Waals surface area contributed by atoms with Gasteiger partial charge >= 0.3 is 12.1 Å². The standard InChI is InChI=1S/C25H18F3NO6/c26-25(27,28)16-11-9-15(10-12-16)17-5-1-2-6-18(17)24(32)34-14-22(30)29-23(31)21-13-33-19-7-3-4-8-20(19)35-21/h1-12,21H,13-14H2,(H,29,30,31). The van der Waals surface area contributed by atoms with E-state index in [4.69, 9.17) is 14.2 Å². The van der Waals surface area contributed by atoms with Crippen molar-refractivity contribution in [1.29, 1.82) is 0 Å². The number of nitrogens with one attached hydrogen (secondary N) is 1. The van der Waals surface area contributed by atoms with Gasteiger partial charge in [0.2, 0.25) is 6.10 Å². The number of carbonyl (C=O) groups is 3. The van der Waals surface area contributed by atoms with Crippen LogP contribution in [0.5, 0.6) is 11.5 Å². The molecule has 0 saturated carbocycles. The summed E-state index contributed by atoms with van der Waals surface area (Å²) < 4.78 is 54.5. The molecule has 180 valence electrons. The lowest BCUT2D eigenvalue weighted by Gasteiger charge is -2.25. The lowest BCUT2D eigenvalue weighted by molar-refractivity contribution is -0.138. The molecular weight excluding hydrogens is 467 g/mol. The number of hydrogen-bond acceptors (Lipinski definition) is 6. The highest BCUT2D eigenvalue weighted by molar-refractivity contribution is 6.01. The number of rotatable bonds is 5. The Kier molecular flexibility index (Phi) is 6.72. The number of amides is 2. The highest BCUT2D eigenvalue weighted by Gasteiger charge is 2.30. The molecule has 0 aliphatic carbocycles. The number of esters is 1. The normalized spacial score (nSPS) is 14.7. The first-order chi connectivity index (χ1) is 16.7. The molecule has 0 fully saturated rings. The SMILES string of the molecule is O=C(COC(=O)c1ccccc1-c1ccc(C(F)(F)F)cc1)NC(=O)C1COc2ccccc2O1. The van der Waals surface area contributed by atoms with E-state index in [9.17, 15) is 27.6 Å². The van der Waals surface area contributed by atoms with E-state index in [1.54, 1.807) is 42.5 Å². The van der Waals surface area contributed by atoms with E-state index in [0.717, 1.165) is 12.1 Å². The minimum absolute atomic E-state index is 0.0482. The summed E-state index contributed by atoms with van der Waals surface area (Å²) in [5.41, 5.74) is -0.0838. The molecule has 1 aliphatic heterocycles. The third-order valence-corrected chi connectivity index (χ3v) is 5.07. The van der Waals surface area contributed by atoms with Crippen molar-refractivity contribution in [3.8, 4) is 22.6 Å². The minimum Gasteiger partial charge on any atom is -0.485 e. The summed E-state index contributed by atoms with van der Waals surface area (Å²) >= 11 is 0. The molecule has 0 radical (unpaired) electrons. The Balaban J connectivity index is 1.36. The number of ether oxygens (including phenoxy) is 3. The van der Waals surface area contributed by atoms with Gasteiger partial charge in [-0.15, -0.1) is 0 Å². The molecule has 1 aliphatic rings. The fraction of sp³-hybridized carbons (Fsp3) is 0.160. The van der Waals surface area contributed by atoms with Crippen molar-refractivity contribution in [3.05, 3.63) is 83.9 Å². The van der Waals surface area contributed by atoms with Gasteiger partial charge in [0.15, 0.2) is 18.1 Å². The fourth-order valence-electron chi connectivity index (χ4n) is 3.36. The number of alkyl halides is 3. The van der Waals surface area contributed by atoms with Gasteiger partial charge in [0, 0.05) is 0 Å². The molecule has 4 rings (SSSR count). The Morgan fingerprint density at radius 2 is 1.57 bits per heavy atom. The summed E-state index contributed by atoms with van der Waals surface area (Å²) in [7, 11) is 0. The molecule has 35 heavy (non-hydrogen) atoms. The summed E-state index contributed by atoms with van der Waals surface area (Å²) in [5.74, 6) is -1.68. The van der Waals surface area contributed by atoms with Gasteiger partial charge in [-0.25, -0.2) is 4.79 Å². The molecule has 0 saturated heterocycles. The smallest absolute Gasteiger partial charge is 0.416 e. The molecule has 1 heterocycles. The van der Waals surface area contributed by atoms with Gasteiger partial charge in [0.1, 0.15) is 6.61 Å². The van der Waals surface area contributed by atoms with Crippen LogP contribution < -0.4 is 14.8 Å². The van der Waals surface area contributed by atoms with E-state index in [1.165, 1.54) is 18.2 Å². The third kappa shape index (κ3) is 5.60. The van der Waals surface area contributed by atoms with Crippen LogP contribution in [-0.2, 0) is 20.5 Å². The van der Waals surface area contributed by atoms with E-state index in [2.05, 4.69) is 5.32 Å². The number of fused-ring (bicyclic) bond motifs is 1. The minimum atomic E-state index is -4.49. The quantitative estimate of drug-likeness (QED) is 0.550. The van der Waals surface area contributed by atoms with Crippen molar-refractivity contribution >= 4 is 17.8 Å². The fourth-order valence-corrected chi connectivity index (χ4v) is 3.36. The Morgan fingerprint density at radius 1 is 0.914 bits per heavy atom. The zero-order valence-corrected chi connectivity index (χ0v) is 18.0. The van der Waals surface area contributed by atoms with Crippen LogP contribution in [0.4, 0.5) is 13.2 Å². The molecule has 0 bridgehead atoms. The zero-order chi connectivity index (χ0) is 25.0. The van der Waals surface area contributed by atoms with Gasteiger partial charge in [-0.3, -0.25) is 14.9 Å². The second-order valence-corrected chi connectivity index (χ2v) is 7.47. The molecule has 10 heteroatoms. The Labute approximate surface area is 197 Å². The van der Waals surface area contributed by atoms with Crippen molar-refractivity contribution in [2.24, 2.45) is 0 Å². The van der Waals surface area contributed by atoms with E-state index in [-0.39, 0.29) is 12.2 Å². The predicted molar refractivity (Wildman–Crippen MR) is 117 cm³/mol. The second-order valence-electron chi connectivity index (χ2n) is 7.47. The maximum absolute atomic E-state index is 12.8. The van der Waals surface area contributed by atoms with Crippen molar-refractivity contribution in [2.45, 2.75) is 12.3 Å². The number of para-hydroxylation sites is 2. The number of benzene rings is 3. The maximum atomic E-state index is 12.8. The van der Waals surface area contributed by atoms with Crippen molar-refractivity contribution < 1.29 is 41.8 Å². The first-order valence-electron chi connectivity index (χ1n) is 10.4. The van der Waals surface area contributed by atoms with Crippen molar-refractivity contribution in [3.63, 3.8) is 0 Å². The largest absolute Gasteiger partial charge is 0.485 e. The Morgan fingerprint density at radius 3 is 2.29 bits per heavy atom. The molecule has 3 aromatic rings. The lowest BCUT2D eigenvalue weighted by atomic mass is 9.98. The van der Waals surface area contributed by atoms with E-state index < -0.39 is 42.2 Å². The van der Waals surface area contributed by atoms with E-state index in [0.29, 0.717) is 22.6 Å². The van der Waals surface area contributed by atoms with Crippen LogP contribution in [-0.4, -0.2) is 37.1 Å². The van der Waals surface area contributed by atoms with Crippen LogP contribution in [0.3, 0.4) is 0 Å². The predicted octanol–water partition coefficient (Wildman–Crippen LogP) is 4.01. The van der Waals surface area contributed by atoms with Gasteiger partial charge in [0.05, 0.1) is 11.1 Å². The zero-order valence-electron chi connectivity index (χ0n) is 18.0. The van der Waals surface area contributed by atoms with Gasteiger partial charge in [-0.05, 0) is 41.5 Å². The molecule has 1 unspecified atom stereocenters. The summed E-state index contributed by atoms with van der Waals surface area (Å²) in [6.45, 7) is -0.855. The first-order valence-corrected chi connectivity index (χ1v) is 10.4. The summed E-state index contributed by atoms with van der Waals surface area (Å²) in [5, 5.41) is 2.09. The van der Waals surface area contributed by atoms with Gasteiger partial charge in [-0.2, -0.15) is 13.2 Å². The number of halogens is 3. The molecular formula is C25H18F3NO6. The highest BCUT2D eigenvalue weighted by Crippen LogP contribution is 2.32. The third-order valence-electron chi connectivity index (χ3n) is 5.07. The van der Waals surface area contributed by atoms with Crippen LogP contribution in [0, 0.1) is 0 Å². The lowest BCUT2D eigenvalue weighted by Crippen LogP contribution is -2.47. The van der Waals surface area contributed by atoms with Crippen molar-refractivity contribution in [2.75, 3.05) is 13.2 Å². The number of imide groups is 1. The monoisotopic (exact) mass is 485 g/mol. The van der Waals surface area contributed by atoms with Gasteiger partial charge in [0.25, 0.3) is 11.8 Å². The molecule has 7 nitrogen and oxygen atoms in total. The topological polar surface area (TPSA) is 90.9 Å². The molecule has 0 spiro atoms. The van der Waals surface area contributed by atoms with Crippen LogP contribution in [0.1, 0.15) is 15.9 Å². The van der Waals surface area contributed by atoms with Crippen molar-refractivity contribution in [1.82, 2.24) is 5.32 Å². The van der Waals surface area contributed by atoms with Crippen LogP contribution in [0.2, 0.25) is 0 Å². The molecule has 2 amide bonds. The van der Waals surface area contributed by atoms with E-state index in [1.807, 2.05) is 0 Å². The summed E-state index contributed by atoms with van der Waals surface area (Å²) in [6.07, 6.45) is -5.55. The van der Waals surface area contributed by atoms with Crippen LogP contribution in [0.15, 0.2) is 72.8 Å².